The first-order chi connectivity index (χ1) is 8.08. The molecule has 0 radical (unpaired) electrons. The summed E-state index contributed by atoms with van der Waals surface area (Å²) in [4.78, 5) is 9.67. The molecule has 0 aliphatic carbocycles. The van der Waals surface area contributed by atoms with Crippen LogP contribution in [0.15, 0.2) is 18.2 Å². The lowest BCUT2D eigenvalue weighted by atomic mass is 10.1. The van der Waals surface area contributed by atoms with Gasteiger partial charge in [0.05, 0.1) is 11.5 Å². The van der Waals surface area contributed by atoms with Crippen molar-refractivity contribution in [1.82, 2.24) is 0 Å². The molecule has 0 aromatic heterocycles. The van der Waals surface area contributed by atoms with Crippen LogP contribution in [0.5, 0.6) is 5.75 Å². The van der Waals surface area contributed by atoms with Crippen molar-refractivity contribution >= 4 is 5.69 Å². The van der Waals surface area contributed by atoms with Gasteiger partial charge in [-0.25, -0.2) is 0 Å². The highest BCUT2D eigenvalue weighted by molar-refractivity contribution is 5.37. The quantitative estimate of drug-likeness (QED) is 0.565. The monoisotopic (exact) mass is 241 g/mol. The van der Waals surface area contributed by atoms with Crippen LogP contribution in [0.4, 0.5) is 10.1 Å². The summed E-state index contributed by atoms with van der Waals surface area (Å²) in [6.07, 6.45) is 1.98. The molecule has 0 heterocycles. The van der Waals surface area contributed by atoms with Gasteiger partial charge in [0, 0.05) is 12.1 Å². The van der Waals surface area contributed by atoms with Gasteiger partial charge in [0.1, 0.15) is 5.75 Å². The zero-order valence-electron chi connectivity index (χ0n) is 9.98. The molecule has 0 aliphatic heterocycles. The van der Waals surface area contributed by atoms with E-state index in [4.69, 9.17) is 4.74 Å². The Hall–Kier alpha value is -1.65. The Labute approximate surface area is 99.6 Å². The Bertz CT molecular complexity index is 391. The SMILES string of the molecule is CCC(CC)COc1ccc([N+](=O)[O-])c(F)c1. The molecule has 1 aromatic rings. The van der Waals surface area contributed by atoms with Gasteiger partial charge >= 0.3 is 5.69 Å². The first-order valence-corrected chi connectivity index (χ1v) is 5.65. The zero-order chi connectivity index (χ0) is 12.8. The van der Waals surface area contributed by atoms with Gasteiger partial charge in [-0.1, -0.05) is 26.7 Å². The number of hydrogen-bond donors (Lipinski definition) is 0. The average molecular weight is 241 g/mol. The van der Waals surface area contributed by atoms with Crippen LogP contribution in [0.3, 0.4) is 0 Å². The maximum Gasteiger partial charge on any atom is 0.305 e. The molecule has 0 spiro atoms. The lowest BCUT2D eigenvalue weighted by Crippen LogP contribution is -2.10. The number of nitrogens with zero attached hydrogens (tertiary/aromatic N) is 1. The molecule has 0 bridgehead atoms. The van der Waals surface area contributed by atoms with Gasteiger partial charge in [0.2, 0.25) is 5.82 Å². The fourth-order valence-corrected chi connectivity index (χ4v) is 1.46. The number of nitro groups is 1. The molecule has 17 heavy (non-hydrogen) atoms. The van der Waals surface area contributed by atoms with Crippen LogP contribution >= 0.6 is 0 Å². The number of ether oxygens (including phenoxy) is 1. The third-order valence-electron chi connectivity index (χ3n) is 2.76. The lowest BCUT2D eigenvalue weighted by Gasteiger charge is -2.13. The summed E-state index contributed by atoms with van der Waals surface area (Å²) in [5.74, 6) is -0.106. The topological polar surface area (TPSA) is 52.4 Å². The first-order valence-electron chi connectivity index (χ1n) is 5.65. The third kappa shape index (κ3) is 3.69. The van der Waals surface area contributed by atoms with Crippen molar-refractivity contribution in [3.05, 3.63) is 34.1 Å². The van der Waals surface area contributed by atoms with Crippen LogP contribution in [0.1, 0.15) is 26.7 Å². The molecule has 0 unspecified atom stereocenters. The molecule has 5 heteroatoms. The fourth-order valence-electron chi connectivity index (χ4n) is 1.46. The standard InChI is InChI=1S/C12H16FNO3/c1-3-9(4-2)8-17-10-5-6-12(14(15)16)11(13)7-10/h5-7,9H,3-4,8H2,1-2H3. The molecule has 0 atom stereocenters. The van der Waals surface area contributed by atoms with Crippen LogP contribution in [0, 0.1) is 21.8 Å². The van der Waals surface area contributed by atoms with Crippen molar-refractivity contribution in [2.75, 3.05) is 6.61 Å². The summed E-state index contributed by atoms with van der Waals surface area (Å²) < 4.78 is 18.7. The van der Waals surface area contributed by atoms with Crippen LogP contribution in [-0.2, 0) is 0 Å². The second-order valence-corrected chi connectivity index (χ2v) is 3.86. The Morgan fingerprint density at radius 3 is 2.53 bits per heavy atom. The van der Waals surface area contributed by atoms with Gasteiger partial charge in [0.25, 0.3) is 0 Å². The van der Waals surface area contributed by atoms with Crippen LogP contribution in [-0.4, -0.2) is 11.5 Å². The maximum absolute atomic E-state index is 13.3. The number of rotatable bonds is 6. The van der Waals surface area contributed by atoms with E-state index in [2.05, 4.69) is 13.8 Å². The van der Waals surface area contributed by atoms with Gasteiger partial charge in [0.15, 0.2) is 0 Å². The first kappa shape index (κ1) is 13.4. The minimum Gasteiger partial charge on any atom is -0.493 e. The predicted octanol–water partition coefficient (Wildman–Crippen LogP) is 3.55. The van der Waals surface area contributed by atoms with Gasteiger partial charge in [-0.05, 0) is 12.0 Å². The molecule has 94 valence electrons. The molecule has 4 nitrogen and oxygen atoms in total. The normalized spacial score (nSPS) is 10.6. The van der Waals surface area contributed by atoms with Crippen molar-refractivity contribution in [3.63, 3.8) is 0 Å². The Morgan fingerprint density at radius 1 is 1.41 bits per heavy atom. The van der Waals surface area contributed by atoms with Crippen LogP contribution < -0.4 is 4.74 Å². The number of benzene rings is 1. The molecule has 1 aromatic carbocycles. The molecular formula is C12H16FNO3. The van der Waals surface area contributed by atoms with Gasteiger partial charge < -0.3 is 4.74 Å². The second kappa shape index (κ2) is 6.18. The van der Waals surface area contributed by atoms with Crippen molar-refractivity contribution < 1.29 is 14.1 Å². The molecule has 1 rings (SSSR count). The Balaban J connectivity index is 2.67. The molecule has 0 saturated carbocycles. The molecule has 0 fully saturated rings. The minimum atomic E-state index is -0.864. The Morgan fingerprint density at radius 2 is 2.06 bits per heavy atom. The predicted molar refractivity (Wildman–Crippen MR) is 62.6 cm³/mol. The molecule has 0 amide bonds. The van der Waals surface area contributed by atoms with Gasteiger partial charge in [-0.3, -0.25) is 10.1 Å². The van der Waals surface area contributed by atoms with E-state index in [-0.39, 0.29) is 0 Å². The van der Waals surface area contributed by atoms with E-state index in [0.29, 0.717) is 18.3 Å². The van der Waals surface area contributed by atoms with E-state index in [0.717, 1.165) is 25.0 Å². The van der Waals surface area contributed by atoms with E-state index in [1.807, 2.05) is 0 Å². The Kier molecular flexibility index (Phi) is 4.87. The summed E-state index contributed by atoms with van der Waals surface area (Å²) >= 11 is 0. The van der Waals surface area contributed by atoms with Gasteiger partial charge in [-0.2, -0.15) is 4.39 Å². The summed E-state index contributed by atoms with van der Waals surface area (Å²) in [5.41, 5.74) is -0.528. The minimum absolute atomic E-state index is 0.333. The van der Waals surface area contributed by atoms with Crippen LogP contribution in [0.2, 0.25) is 0 Å². The second-order valence-electron chi connectivity index (χ2n) is 3.86. The number of halogens is 1. The summed E-state index contributed by atoms with van der Waals surface area (Å²) in [6.45, 7) is 4.63. The van der Waals surface area contributed by atoms with E-state index in [1.165, 1.54) is 6.07 Å². The molecule has 0 N–H and O–H groups in total. The van der Waals surface area contributed by atoms with Crippen molar-refractivity contribution in [1.29, 1.82) is 0 Å². The zero-order valence-corrected chi connectivity index (χ0v) is 9.98. The summed E-state index contributed by atoms with van der Waals surface area (Å²) in [7, 11) is 0. The molecular weight excluding hydrogens is 225 g/mol. The largest absolute Gasteiger partial charge is 0.493 e. The fraction of sp³-hybridized carbons (Fsp3) is 0.500. The molecule has 0 aliphatic rings. The smallest absolute Gasteiger partial charge is 0.305 e. The summed E-state index contributed by atoms with van der Waals surface area (Å²) in [6, 6.07) is 3.60. The van der Waals surface area contributed by atoms with E-state index in [1.54, 1.807) is 0 Å². The lowest BCUT2D eigenvalue weighted by molar-refractivity contribution is -0.387. The highest BCUT2D eigenvalue weighted by atomic mass is 19.1. The van der Waals surface area contributed by atoms with Crippen molar-refractivity contribution in [3.8, 4) is 5.75 Å². The maximum atomic E-state index is 13.3. The van der Waals surface area contributed by atoms with Crippen LogP contribution in [0.25, 0.3) is 0 Å². The van der Waals surface area contributed by atoms with Crippen molar-refractivity contribution in [2.45, 2.75) is 26.7 Å². The number of hydrogen-bond acceptors (Lipinski definition) is 3. The van der Waals surface area contributed by atoms with Crippen molar-refractivity contribution in [2.24, 2.45) is 5.92 Å². The number of nitro benzene ring substituents is 1. The highest BCUT2D eigenvalue weighted by Gasteiger charge is 2.14. The van der Waals surface area contributed by atoms with Gasteiger partial charge in [-0.15, -0.1) is 0 Å². The summed E-state index contributed by atoms with van der Waals surface area (Å²) in [5, 5.41) is 10.4. The third-order valence-corrected chi connectivity index (χ3v) is 2.76. The molecule has 0 saturated heterocycles. The highest BCUT2D eigenvalue weighted by Crippen LogP contribution is 2.23. The average Bonchev–Trinajstić information content (AvgIpc) is 2.30. The van der Waals surface area contributed by atoms with E-state index < -0.39 is 16.4 Å². The van der Waals surface area contributed by atoms with E-state index in [9.17, 15) is 14.5 Å². The van der Waals surface area contributed by atoms with E-state index >= 15 is 0 Å².